The minimum atomic E-state index is -6.13. The third kappa shape index (κ3) is 12.9. The van der Waals surface area contributed by atoms with Crippen LogP contribution in [0.1, 0.15) is 50.1 Å². The molecule has 1 N–H and O–H groups in total. The van der Waals surface area contributed by atoms with Crippen molar-refractivity contribution in [3.63, 3.8) is 0 Å². The van der Waals surface area contributed by atoms with E-state index in [0.29, 0.717) is 5.75 Å². The van der Waals surface area contributed by atoms with Gasteiger partial charge in [0, 0.05) is 11.6 Å². The molecule has 0 amide bonds. The lowest BCUT2D eigenvalue weighted by atomic mass is 9.12. The first-order valence-corrected chi connectivity index (χ1v) is 20.6. The van der Waals surface area contributed by atoms with Crippen molar-refractivity contribution in [3.8, 4) is 5.75 Å². The zero-order valence-electron chi connectivity index (χ0n) is 36.5. The van der Waals surface area contributed by atoms with E-state index in [1.165, 1.54) is 5.56 Å². The van der Waals surface area contributed by atoms with Crippen molar-refractivity contribution in [2.75, 3.05) is 0 Å². The fraction of sp³-hybridized carbons (Fsp3) is 0.188. The molecule has 0 bridgehead atoms. The molecule has 7 rings (SSSR count). The van der Waals surface area contributed by atoms with Crippen LogP contribution in [0.25, 0.3) is 10.9 Å². The Morgan fingerprint density at radius 1 is 0.320 bits per heavy atom. The third-order valence-corrected chi connectivity index (χ3v) is 11.5. The first kappa shape index (κ1) is 57.2. The minimum Gasteiger partial charge on any atom is -0.503 e. The highest BCUT2D eigenvalue weighted by atomic mass is 19.4. The first-order chi connectivity index (χ1) is 34.1. The Hall–Kier alpha value is -7.09. The molecular formula is C48H26BF24NO. The van der Waals surface area contributed by atoms with Crippen LogP contribution in [-0.2, 0) is 56.0 Å². The molecule has 0 fully saturated rings. The summed E-state index contributed by atoms with van der Waals surface area (Å²) in [5, 5.41) is 10.8. The quantitative estimate of drug-likeness (QED) is 0.100. The largest absolute Gasteiger partial charge is 0.503 e. The summed E-state index contributed by atoms with van der Waals surface area (Å²) in [4.78, 5) is 0. The summed E-state index contributed by atoms with van der Waals surface area (Å²) in [7, 11) is 0. The van der Waals surface area contributed by atoms with Gasteiger partial charge >= 0.3 is 49.4 Å². The Bertz CT molecular complexity index is 2760. The molecule has 0 unspecified atom stereocenters. The van der Waals surface area contributed by atoms with Crippen LogP contribution < -0.4 is 26.4 Å². The molecule has 1 heterocycles. The van der Waals surface area contributed by atoms with Gasteiger partial charge in [0.25, 0.3) is 0 Å². The number of nitrogens with zero attached hydrogens (tertiary/aromatic N) is 1. The van der Waals surface area contributed by atoms with E-state index in [1.807, 2.05) is 36.4 Å². The standard InChI is InChI=1S/C32H12BF24.C16H13NO/c34-25(35,36)13-1-14(26(37,38)39)6-21(5-13)33(22-7-15(27(40,41)42)2-16(8-22)28(43,44)45,23-9-17(29(46,47)48)3-18(10-23)30(49,50)51)24-11-19(31(52,53)54)4-20(12-24)32(55,56)57;18-15-10-14-8-4-5-9-16(14)17(12-15)11-13-6-2-1-3-7-13/h1-12H;1-10,12H,11H2/q-1;/p+1. The summed E-state index contributed by atoms with van der Waals surface area (Å²) in [6.45, 7) is 0.760. The van der Waals surface area contributed by atoms with Gasteiger partial charge in [0.05, 0.1) is 49.9 Å². The first-order valence-electron chi connectivity index (χ1n) is 20.6. The van der Waals surface area contributed by atoms with Gasteiger partial charge in [-0.1, -0.05) is 91.0 Å². The van der Waals surface area contributed by atoms with Gasteiger partial charge in [0.15, 0.2) is 12.3 Å². The van der Waals surface area contributed by atoms with Crippen LogP contribution in [0.15, 0.2) is 140 Å². The predicted molar refractivity (Wildman–Crippen MR) is 221 cm³/mol. The van der Waals surface area contributed by atoms with Crippen LogP contribution in [0.5, 0.6) is 5.75 Å². The van der Waals surface area contributed by atoms with E-state index >= 15 is 0 Å². The molecule has 6 aromatic carbocycles. The van der Waals surface area contributed by atoms with Crippen LogP contribution in [-0.4, -0.2) is 11.3 Å². The van der Waals surface area contributed by atoms with Crippen molar-refractivity contribution < 1.29 is 115 Å². The van der Waals surface area contributed by atoms with Crippen molar-refractivity contribution in [2.24, 2.45) is 0 Å². The van der Waals surface area contributed by atoms with Crippen LogP contribution in [0.4, 0.5) is 105 Å². The van der Waals surface area contributed by atoms with E-state index in [2.05, 4.69) is 22.8 Å². The van der Waals surface area contributed by atoms with Crippen molar-refractivity contribution >= 4 is 38.9 Å². The van der Waals surface area contributed by atoms with Crippen molar-refractivity contribution in [3.05, 3.63) is 190 Å². The Morgan fingerprint density at radius 3 is 0.840 bits per heavy atom. The number of rotatable bonds is 6. The molecule has 0 radical (unpaired) electrons. The maximum Gasteiger partial charge on any atom is 0.416 e. The number of halogens is 24. The van der Waals surface area contributed by atoms with Crippen LogP contribution >= 0.6 is 0 Å². The highest BCUT2D eigenvalue weighted by molar-refractivity contribution is 7.20. The van der Waals surface area contributed by atoms with E-state index in [1.54, 1.807) is 12.3 Å². The molecule has 7 aromatic rings. The third-order valence-electron chi connectivity index (χ3n) is 11.5. The molecule has 0 aliphatic carbocycles. The van der Waals surface area contributed by atoms with E-state index in [9.17, 15) is 110 Å². The van der Waals surface area contributed by atoms with E-state index in [4.69, 9.17) is 0 Å². The lowest BCUT2D eigenvalue weighted by Gasteiger charge is -2.46. The number of aromatic hydroxyl groups is 1. The summed E-state index contributed by atoms with van der Waals surface area (Å²) in [5.41, 5.74) is -27.9. The number of hydrogen-bond donors (Lipinski definition) is 1. The molecule has 27 heteroatoms. The molecule has 0 spiro atoms. The van der Waals surface area contributed by atoms with Gasteiger partial charge in [-0.15, -0.1) is 0 Å². The maximum absolute atomic E-state index is 14.2. The predicted octanol–water partition coefficient (Wildman–Crippen LogP) is 14.1. The van der Waals surface area contributed by atoms with E-state index in [-0.39, 0.29) is 0 Å². The Kier molecular flexibility index (Phi) is 14.9. The molecule has 0 aliphatic rings. The lowest BCUT2D eigenvalue weighted by Crippen LogP contribution is -2.75. The Balaban J connectivity index is 0.000000421. The molecule has 0 saturated heterocycles. The maximum atomic E-state index is 14.2. The van der Waals surface area contributed by atoms with E-state index in [0.717, 1.165) is 17.4 Å². The highest BCUT2D eigenvalue weighted by Gasteiger charge is 2.47. The topological polar surface area (TPSA) is 24.1 Å². The zero-order chi connectivity index (χ0) is 56.3. The number of alkyl halides is 24. The molecule has 0 saturated carbocycles. The summed E-state index contributed by atoms with van der Waals surface area (Å²) in [6, 6.07) is 11.3. The fourth-order valence-corrected chi connectivity index (χ4v) is 8.28. The van der Waals surface area contributed by atoms with Crippen LogP contribution in [0.3, 0.4) is 0 Å². The van der Waals surface area contributed by atoms with Gasteiger partial charge in [0.1, 0.15) is 6.15 Å². The van der Waals surface area contributed by atoms with Crippen LogP contribution in [0.2, 0.25) is 0 Å². The summed E-state index contributed by atoms with van der Waals surface area (Å²) in [6.07, 6.45) is -53.0. The number of aromatic nitrogens is 1. The molecule has 400 valence electrons. The lowest BCUT2D eigenvalue weighted by molar-refractivity contribution is -0.662. The second kappa shape index (κ2) is 19.6. The van der Waals surface area contributed by atoms with Gasteiger partial charge in [-0.2, -0.15) is 132 Å². The number of pyridine rings is 1. The van der Waals surface area contributed by atoms with E-state index < -0.39 is 195 Å². The highest BCUT2D eigenvalue weighted by Crippen LogP contribution is 2.41. The molecule has 0 atom stereocenters. The van der Waals surface area contributed by atoms with Crippen molar-refractivity contribution in [1.82, 2.24) is 0 Å². The second-order valence-electron chi connectivity index (χ2n) is 16.6. The smallest absolute Gasteiger partial charge is 0.416 e. The Labute approximate surface area is 405 Å². The number of fused-ring (bicyclic) bond motifs is 1. The minimum absolute atomic E-state index is 0.296. The molecule has 1 aromatic heterocycles. The molecule has 0 aliphatic heterocycles. The van der Waals surface area contributed by atoms with Gasteiger partial charge in [-0.3, -0.25) is 0 Å². The van der Waals surface area contributed by atoms with Crippen molar-refractivity contribution in [1.29, 1.82) is 0 Å². The summed E-state index contributed by atoms with van der Waals surface area (Å²) < 4.78 is 343. The molecule has 75 heavy (non-hydrogen) atoms. The van der Waals surface area contributed by atoms with Gasteiger partial charge in [-0.25, -0.2) is 0 Å². The SMILES string of the molecule is FC(F)(F)c1cc([B-](c2cc(C(F)(F)F)cc(C(F)(F)F)c2)(c2cc(C(F)(F)F)cc(C(F)(F)F)c2)c2cc(C(F)(F)F)cc(C(F)(F)F)c2)cc(C(F)(F)F)c1.Oc1cc2ccccc2[n+](Cc2ccccc2)c1. The number of benzene rings is 6. The molecule has 2 nitrogen and oxygen atoms in total. The number of para-hydroxylation sites is 1. The van der Waals surface area contributed by atoms with Gasteiger partial charge in [-0.05, 0) is 36.4 Å². The molecular weight excluding hydrogens is 1070 g/mol. The average Bonchev–Trinajstić information content (AvgIpc) is 3.27. The zero-order valence-corrected chi connectivity index (χ0v) is 36.5. The van der Waals surface area contributed by atoms with Crippen LogP contribution in [0, 0.1) is 0 Å². The average molecular weight is 1100 g/mol. The normalized spacial score (nSPS) is 13.4. The summed E-state index contributed by atoms with van der Waals surface area (Å²) in [5.74, 6) is 0.296. The van der Waals surface area contributed by atoms with Gasteiger partial charge in [0.2, 0.25) is 11.7 Å². The monoisotopic (exact) mass is 1100 g/mol. The fourth-order valence-electron chi connectivity index (χ4n) is 8.28. The van der Waals surface area contributed by atoms with Crippen molar-refractivity contribution in [2.45, 2.75) is 56.0 Å². The second-order valence-corrected chi connectivity index (χ2v) is 16.6. The number of hydrogen-bond acceptors (Lipinski definition) is 1. The van der Waals surface area contributed by atoms with Gasteiger partial charge < -0.3 is 5.11 Å². The summed E-state index contributed by atoms with van der Waals surface area (Å²) >= 11 is 0. The Morgan fingerprint density at radius 2 is 0.573 bits per heavy atom.